The van der Waals surface area contributed by atoms with Crippen molar-refractivity contribution >= 4 is 23.0 Å². The number of benzene rings is 3. The number of pyridine rings is 1. The molecule has 8 heteroatoms. The molecule has 0 radical (unpaired) electrons. The van der Waals surface area contributed by atoms with Crippen LogP contribution in [0, 0.1) is 0 Å². The Morgan fingerprint density at radius 3 is 2.43 bits per heavy atom. The molecule has 0 atom stereocenters. The maximum absolute atomic E-state index is 13.3. The minimum atomic E-state index is -0.370. The van der Waals surface area contributed by atoms with Crippen molar-refractivity contribution in [2.75, 3.05) is 21.3 Å². The van der Waals surface area contributed by atoms with Gasteiger partial charge in [-0.05, 0) is 50.2 Å². The largest absolute Gasteiger partial charge is 0.493 e. The number of hydrogen-bond acceptors (Lipinski definition) is 7. The number of hydrogen-bond donors (Lipinski definition) is 1. The van der Waals surface area contributed by atoms with Crippen LogP contribution in [0.5, 0.6) is 23.0 Å². The number of para-hydroxylation sites is 1. The van der Waals surface area contributed by atoms with Crippen LogP contribution in [0.2, 0.25) is 0 Å². The lowest BCUT2D eigenvalue weighted by molar-refractivity contribution is 0.0956. The summed E-state index contributed by atoms with van der Waals surface area (Å²) in [5.41, 5.74) is 5.89. The van der Waals surface area contributed by atoms with Gasteiger partial charge >= 0.3 is 0 Å². The van der Waals surface area contributed by atoms with E-state index in [9.17, 15) is 4.79 Å². The van der Waals surface area contributed by atoms with E-state index >= 15 is 0 Å². The fourth-order valence-electron chi connectivity index (χ4n) is 3.96. The fourth-order valence-corrected chi connectivity index (χ4v) is 3.96. The quantitative estimate of drug-likeness (QED) is 0.242. The number of nitrogens with zero attached hydrogens (tertiary/aromatic N) is 2. The molecule has 0 aliphatic carbocycles. The summed E-state index contributed by atoms with van der Waals surface area (Å²) in [6.45, 7) is 3.95. The maximum Gasteiger partial charge on any atom is 0.272 e. The average Bonchev–Trinajstić information content (AvgIpc) is 2.91. The third kappa shape index (κ3) is 5.64. The zero-order valence-corrected chi connectivity index (χ0v) is 21.4. The number of nitrogens with one attached hydrogen (secondary N) is 1. The minimum Gasteiger partial charge on any atom is -0.493 e. The fraction of sp³-hybridized carbons (Fsp3) is 0.207. The molecule has 0 spiro atoms. The molecule has 4 aromatic rings. The lowest BCUT2D eigenvalue weighted by atomic mass is 10.0. The topological polar surface area (TPSA) is 91.3 Å². The highest BCUT2D eigenvalue weighted by Gasteiger charge is 2.16. The summed E-state index contributed by atoms with van der Waals surface area (Å²) in [5, 5.41) is 4.89. The molecule has 0 aliphatic rings. The van der Waals surface area contributed by atoms with Gasteiger partial charge in [-0.15, -0.1) is 0 Å². The van der Waals surface area contributed by atoms with Gasteiger partial charge in [-0.3, -0.25) is 4.79 Å². The molecule has 0 unspecified atom stereocenters. The van der Waals surface area contributed by atoms with Crippen LogP contribution in [0.15, 0.2) is 71.8 Å². The highest BCUT2D eigenvalue weighted by molar-refractivity contribution is 6.07. The first-order valence-electron chi connectivity index (χ1n) is 11.7. The summed E-state index contributed by atoms with van der Waals surface area (Å²) in [4.78, 5) is 18.0. The van der Waals surface area contributed by atoms with Crippen molar-refractivity contribution in [2.45, 2.75) is 20.0 Å². The first-order valence-corrected chi connectivity index (χ1v) is 11.7. The third-order valence-electron chi connectivity index (χ3n) is 5.57. The third-order valence-corrected chi connectivity index (χ3v) is 5.57. The van der Waals surface area contributed by atoms with E-state index in [1.54, 1.807) is 25.3 Å². The summed E-state index contributed by atoms with van der Waals surface area (Å²) in [5.74, 6) is 1.78. The van der Waals surface area contributed by atoms with E-state index in [2.05, 4.69) is 10.5 Å². The predicted octanol–water partition coefficient (Wildman–Crippen LogP) is 5.48. The summed E-state index contributed by atoms with van der Waals surface area (Å²) in [6.07, 6.45) is 1.54. The molecule has 4 rings (SSSR count). The Morgan fingerprint density at radius 2 is 1.70 bits per heavy atom. The molecule has 0 fully saturated rings. The van der Waals surface area contributed by atoms with Crippen molar-refractivity contribution in [2.24, 2.45) is 5.10 Å². The van der Waals surface area contributed by atoms with Gasteiger partial charge in [0.2, 0.25) is 5.75 Å². The molecule has 0 bridgehead atoms. The van der Waals surface area contributed by atoms with Crippen molar-refractivity contribution in [3.63, 3.8) is 0 Å². The molecule has 37 heavy (non-hydrogen) atoms. The summed E-state index contributed by atoms with van der Waals surface area (Å²) >= 11 is 0. The van der Waals surface area contributed by atoms with Crippen LogP contribution >= 0.6 is 0 Å². The molecule has 8 nitrogen and oxygen atoms in total. The van der Waals surface area contributed by atoms with Gasteiger partial charge in [-0.25, -0.2) is 10.4 Å². The number of carbonyl (C=O) groups is 1. The van der Waals surface area contributed by atoms with Crippen LogP contribution in [0.4, 0.5) is 0 Å². The summed E-state index contributed by atoms with van der Waals surface area (Å²) in [7, 11) is 4.60. The van der Waals surface area contributed by atoms with Crippen molar-refractivity contribution in [1.82, 2.24) is 10.4 Å². The smallest absolute Gasteiger partial charge is 0.272 e. The summed E-state index contributed by atoms with van der Waals surface area (Å²) in [6, 6.07) is 20.4. The maximum atomic E-state index is 13.3. The highest BCUT2D eigenvalue weighted by atomic mass is 16.5. The molecule has 0 saturated heterocycles. The molecular formula is C29H29N3O5. The molecule has 1 aromatic heterocycles. The number of methoxy groups -OCH3 is 3. The van der Waals surface area contributed by atoms with Gasteiger partial charge < -0.3 is 18.9 Å². The van der Waals surface area contributed by atoms with Gasteiger partial charge in [-0.2, -0.15) is 5.10 Å². The van der Waals surface area contributed by atoms with Gasteiger partial charge in [0.1, 0.15) is 5.75 Å². The second kappa shape index (κ2) is 11.4. The molecule has 1 N–H and O–H groups in total. The normalized spacial score (nSPS) is 11.1. The Morgan fingerprint density at radius 1 is 0.919 bits per heavy atom. The number of aromatic nitrogens is 1. The lowest BCUT2D eigenvalue weighted by Gasteiger charge is -2.13. The number of carbonyl (C=O) groups excluding carboxylic acids is 1. The minimum absolute atomic E-state index is 0.0447. The standard InChI is InChI=1S/C29H29N3O5/c1-18(2)37-21-10-8-9-19(15-21)25-16-23(22-11-6-7-12-24(22)31-25)29(33)32-30-17-20-13-14-26(34-3)28(36-5)27(20)35-4/h6-18H,1-5H3,(H,32,33)/b30-17+. The molecule has 1 heterocycles. The zero-order valence-electron chi connectivity index (χ0n) is 21.4. The van der Waals surface area contributed by atoms with Crippen LogP contribution in [-0.2, 0) is 0 Å². The highest BCUT2D eigenvalue weighted by Crippen LogP contribution is 2.39. The Balaban J connectivity index is 1.66. The van der Waals surface area contributed by atoms with Crippen molar-refractivity contribution in [1.29, 1.82) is 0 Å². The summed E-state index contributed by atoms with van der Waals surface area (Å²) < 4.78 is 22.0. The molecule has 1 amide bonds. The van der Waals surface area contributed by atoms with Gasteiger partial charge in [0, 0.05) is 16.5 Å². The van der Waals surface area contributed by atoms with Gasteiger partial charge in [0.05, 0.1) is 50.4 Å². The lowest BCUT2D eigenvalue weighted by Crippen LogP contribution is -2.18. The Labute approximate surface area is 215 Å². The van der Waals surface area contributed by atoms with E-state index in [-0.39, 0.29) is 12.0 Å². The molecular weight excluding hydrogens is 470 g/mol. The average molecular weight is 500 g/mol. The monoisotopic (exact) mass is 499 g/mol. The van der Waals surface area contributed by atoms with E-state index in [0.717, 1.165) is 16.7 Å². The predicted molar refractivity (Wildman–Crippen MR) is 144 cm³/mol. The van der Waals surface area contributed by atoms with E-state index < -0.39 is 0 Å². The Bertz CT molecular complexity index is 1450. The zero-order chi connectivity index (χ0) is 26.4. The Hall–Kier alpha value is -4.59. The number of amides is 1. The second-order valence-electron chi connectivity index (χ2n) is 8.39. The first kappa shape index (κ1) is 25.5. The van der Waals surface area contributed by atoms with Gasteiger partial charge in [0.15, 0.2) is 11.5 Å². The second-order valence-corrected chi connectivity index (χ2v) is 8.39. The molecule has 3 aromatic carbocycles. The number of ether oxygens (including phenoxy) is 4. The van der Waals surface area contributed by atoms with E-state index in [1.165, 1.54) is 20.4 Å². The first-order chi connectivity index (χ1) is 17.9. The van der Waals surface area contributed by atoms with E-state index in [1.807, 2.05) is 62.4 Å². The van der Waals surface area contributed by atoms with Crippen LogP contribution < -0.4 is 24.4 Å². The van der Waals surface area contributed by atoms with E-state index in [4.69, 9.17) is 23.9 Å². The van der Waals surface area contributed by atoms with Crippen LogP contribution in [0.25, 0.3) is 22.2 Å². The SMILES string of the molecule is COc1ccc(/C=N/NC(=O)c2cc(-c3cccc(OC(C)C)c3)nc3ccccc23)c(OC)c1OC. The number of hydrazone groups is 1. The van der Waals surface area contributed by atoms with Crippen molar-refractivity contribution in [3.05, 3.63) is 77.9 Å². The van der Waals surface area contributed by atoms with Gasteiger partial charge in [-0.1, -0.05) is 30.3 Å². The molecule has 0 saturated carbocycles. The number of fused-ring (bicyclic) bond motifs is 1. The van der Waals surface area contributed by atoms with Crippen LogP contribution in [-0.4, -0.2) is 44.5 Å². The molecule has 190 valence electrons. The van der Waals surface area contributed by atoms with Gasteiger partial charge in [0.25, 0.3) is 5.91 Å². The molecule has 0 aliphatic heterocycles. The van der Waals surface area contributed by atoms with Crippen molar-refractivity contribution in [3.8, 4) is 34.3 Å². The Kier molecular flexibility index (Phi) is 7.88. The van der Waals surface area contributed by atoms with Crippen LogP contribution in [0.3, 0.4) is 0 Å². The van der Waals surface area contributed by atoms with E-state index in [0.29, 0.717) is 39.6 Å². The van der Waals surface area contributed by atoms with Crippen LogP contribution in [0.1, 0.15) is 29.8 Å². The van der Waals surface area contributed by atoms with Crippen molar-refractivity contribution < 1.29 is 23.7 Å². The number of rotatable bonds is 9.